The molecule has 2 nitrogen and oxygen atoms in total. The highest BCUT2D eigenvalue weighted by atomic mass is 32.2. The largest absolute Gasteiger partial charge is 0.347 e. The Bertz CT molecular complexity index is 777. The lowest BCUT2D eigenvalue weighted by atomic mass is 10.2. The van der Waals surface area contributed by atoms with E-state index < -0.39 is 0 Å². The number of rotatable bonds is 6. The molecule has 5 heteroatoms. The van der Waals surface area contributed by atoms with Gasteiger partial charge in [0.25, 0.3) is 5.91 Å². The second-order valence-electron chi connectivity index (χ2n) is 5.13. The minimum Gasteiger partial charge on any atom is -0.347 e. The summed E-state index contributed by atoms with van der Waals surface area (Å²) in [6.07, 6.45) is 0. The third-order valence-electron chi connectivity index (χ3n) is 3.48. The molecule has 0 saturated carbocycles. The molecule has 2 heterocycles. The van der Waals surface area contributed by atoms with Crippen LogP contribution in [0.1, 0.15) is 26.4 Å². The van der Waals surface area contributed by atoms with Crippen LogP contribution in [0.5, 0.6) is 0 Å². The first-order valence-electron chi connectivity index (χ1n) is 7.28. The van der Waals surface area contributed by atoms with E-state index in [9.17, 15) is 4.79 Å². The van der Waals surface area contributed by atoms with Crippen molar-refractivity contribution >= 4 is 40.3 Å². The second-order valence-corrected chi connectivity index (χ2v) is 7.92. The van der Waals surface area contributed by atoms with E-state index >= 15 is 0 Å². The van der Waals surface area contributed by atoms with Gasteiger partial charge in [0.05, 0.1) is 12.1 Å². The van der Waals surface area contributed by atoms with Crippen molar-refractivity contribution in [2.75, 3.05) is 0 Å². The molecule has 2 aromatic heterocycles. The summed E-state index contributed by atoms with van der Waals surface area (Å²) in [7, 11) is 0. The number of hydrogen-bond acceptors (Lipinski definition) is 4. The third kappa shape index (κ3) is 4.25. The topological polar surface area (TPSA) is 29.1 Å². The first-order valence-corrected chi connectivity index (χ1v) is 10.1. The molecule has 1 amide bonds. The smallest absolute Gasteiger partial charge is 0.252 e. The summed E-state index contributed by atoms with van der Waals surface area (Å²) >= 11 is 5.09. The Kier molecular flexibility index (Phi) is 5.54. The molecule has 0 aliphatic carbocycles. The molecule has 0 spiro atoms. The highest BCUT2D eigenvalue weighted by molar-refractivity contribution is 7.98. The number of amides is 1. The van der Waals surface area contributed by atoms with Crippen molar-refractivity contribution in [1.29, 1.82) is 0 Å². The molecule has 0 bridgehead atoms. The van der Waals surface area contributed by atoms with Crippen molar-refractivity contribution in [3.63, 3.8) is 0 Å². The monoisotopic (exact) mass is 359 g/mol. The molecule has 0 saturated heterocycles. The molecule has 1 N–H and O–H groups in total. The summed E-state index contributed by atoms with van der Waals surface area (Å²) in [6.45, 7) is 2.66. The highest BCUT2D eigenvalue weighted by Crippen LogP contribution is 2.27. The fourth-order valence-corrected chi connectivity index (χ4v) is 4.77. The lowest BCUT2D eigenvalue weighted by molar-refractivity contribution is 0.0948. The summed E-state index contributed by atoms with van der Waals surface area (Å²) in [6, 6.07) is 12.0. The summed E-state index contributed by atoms with van der Waals surface area (Å²) in [4.78, 5) is 14.8. The van der Waals surface area contributed by atoms with Gasteiger partial charge in [-0.3, -0.25) is 4.79 Å². The fourth-order valence-electron chi connectivity index (χ4n) is 2.16. The maximum atomic E-state index is 12.5. The Morgan fingerprint density at radius 3 is 2.78 bits per heavy atom. The van der Waals surface area contributed by atoms with Crippen molar-refractivity contribution in [1.82, 2.24) is 5.32 Å². The van der Waals surface area contributed by atoms with Crippen LogP contribution >= 0.6 is 34.4 Å². The van der Waals surface area contributed by atoms with E-state index in [1.807, 2.05) is 24.3 Å². The van der Waals surface area contributed by atoms with E-state index in [0.29, 0.717) is 6.54 Å². The van der Waals surface area contributed by atoms with Gasteiger partial charge in [-0.2, -0.15) is 11.3 Å². The molecule has 0 fully saturated rings. The van der Waals surface area contributed by atoms with Gasteiger partial charge < -0.3 is 5.32 Å². The number of thiophene rings is 2. The average Bonchev–Trinajstić information content (AvgIpc) is 3.22. The van der Waals surface area contributed by atoms with Gasteiger partial charge in [0.15, 0.2) is 0 Å². The minimum absolute atomic E-state index is 0.00813. The van der Waals surface area contributed by atoms with Crippen LogP contribution in [-0.4, -0.2) is 5.91 Å². The van der Waals surface area contributed by atoms with E-state index in [-0.39, 0.29) is 5.91 Å². The predicted octanol–water partition coefficient (Wildman–Crippen LogP) is 5.34. The molecule has 23 heavy (non-hydrogen) atoms. The first-order chi connectivity index (χ1) is 11.2. The number of aryl methyl sites for hydroxylation is 1. The van der Waals surface area contributed by atoms with Gasteiger partial charge in [0.2, 0.25) is 0 Å². The lowest BCUT2D eigenvalue weighted by Gasteiger charge is -2.09. The molecule has 0 atom stereocenters. The molecule has 0 unspecified atom stereocenters. The van der Waals surface area contributed by atoms with Crippen LogP contribution in [0.15, 0.2) is 57.4 Å². The van der Waals surface area contributed by atoms with Crippen molar-refractivity contribution < 1.29 is 4.79 Å². The number of hydrogen-bond donors (Lipinski definition) is 1. The zero-order valence-corrected chi connectivity index (χ0v) is 15.2. The van der Waals surface area contributed by atoms with Crippen LogP contribution in [0.25, 0.3) is 0 Å². The second kappa shape index (κ2) is 7.81. The maximum absolute atomic E-state index is 12.5. The zero-order chi connectivity index (χ0) is 16.1. The van der Waals surface area contributed by atoms with E-state index in [2.05, 4.69) is 40.5 Å². The van der Waals surface area contributed by atoms with Crippen molar-refractivity contribution in [3.05, 3.63) is 74.1 Å². The Morgan fingerprint density at radius 1 is 1.17 bits per heavy atom. The van der Waals surface area contributed by atoms with Crippen molar-refractivity contribution in [2.24, 2.45) is 0 Å². The zero-order valence-electron chi connectivity index (χ0n) is 12.7. The summed E-state index contributed by atoms with van der Waals surface area (Å²) in [5.74, 6) is 0.879. The van der Waals surface area contributed by atoms with E-state index in [4.69, 9.17) is 0 Å². The number of benzene rings is 1. The molecule has 0 aliphatic heterocycles. The molecule has 0 radical (unpaired) electrons. The average molecular weight is 360 g/mol. The van der Waals surface area contributed by atoms with Gasteiger partial charge >= 0.3 is 0 Å². The van der Waals surface area contributed by atoms with Crippen LogP contribution in [0.4, 0.5) is 0 Å². The standard InChI is InChI=1S/C18H17NOS3/c1-13-6-9-22-17(13)10-19-18(20)15-4-2-3-5-16(15)23-12-14-7-8-21-11-14/h2-9,11H,10,12H2,1H3,(H,19,20). The molecular formula is C18H17NOS3. The van der Waals surface area contributed by atoms with Crippen LogP contribution in [-0.2, 0) is 12.3 Å². The number of thioether (sulfide) groups is 1. The third-order valence-corrected chi connectivity index (χ3v) is 6.38. The van der Waals surface area contributed by atoms with Crippen molar-refractivity contribution in [3.8, 4) is 0 Å². The normalized spacial score (nSPS) is 10.7. The molecule has 0 aliphatic rings. The van der Waals surface area contributed by atoms with Crippen LogP contribution < -0.4 is 5.32 Å². The van der Waals surface area contributed by atoms with Gasteiger partial charge in [-0.05, 0) is 58.5 Å². The Balaban J connectivity index is 1.66. The number of carbonyl (C=O) groups is 1. The summed E-state index contributed by atoms with van der Waals surface area (Å²) in [5, 5.41) is 9.32. The summed E-state index contributed by atoms with van der Waals surface area (Å²) in [5.41, 5.74) is 3.28. The molecular weight excluding hydrogens is 342 g/mol. The van der Waals surface area contributed by atoms with Crippen LogP contribution in [0.2, 0.25) is 0 Å². The molecule has 3 aromatic rings. The molecule has 3 rings (SSSR count). The molecule has 118 valence electrons. The van der Waals surface area contributed by atoms with Gasteiger partial charge in [0.1, 0.15) is 0 Å². The van der Waals surface area contributed by atoms with E-state index in [1.54, 1.807) is 34.4 Å². The van der Waals surface area contributed by atoms with Crippen molar-refractivity contribution in [2.45, 2.75) is 24.1 Å². The number of nitrogens with one attached hydrogen (secondary N) is 1. The van der Waals surface area contributed by atoms with Crippen LogP contribution in [0.3, 0.4) is 0 Å². The van der Waals surface area contributed by atoms with E-state index in [1.165, 1.54) is 16.0 Å². The Morgan fingerprint density at radius 2 is 2.04 bits per heavy atom. The van der Waals surface area contributed by atoms with Gasteiger partial charge in [-0.1, -0.05) is 12.1 Å². The minimum atomic E-state index is -0.00813. The number of carbonyl (C=O) groups excluding carboxylic acids is 1. The van der Waals surface area contributed by atoms with Gasteiger partial charge in [-0.25, -0.2) is 0 Å². The summed E-state index contributed by atoms with van der Waals surface area (Å²) < 4.78 is 0. The Labute approximate surface area is 148 Å². The van der Waals surface area contributed by atoms with Crippen LogP contribution in [0, 0.1) is 6.92 Å². The Hall–Kier alpha value is -1.56. The quantitative estimate of drug-likeness (QED) is 0.602. The molecule has 1 aromatic carbocycles. The SMILES string of the molecule is Cc1ccsc1CNC(=O)c1ccccc1SCc1ccsc1. The van der Waals surface area contributed by atoms with Gasteiger partial charge in [0, 0.05) is 15.5 Å². The fraction of sp³-hybridized carbons (Fsp3) is 0.167. The first kappa shape index (κ1) is 16.3. The predicted molar refractivity (Wildman–Crippen MR) is 101 cm³/mol. The van der Waals surface area contributed by atoms with Gasteiger partial charge in [-0.15, -0.1) is 23.1 Å². The lowest BCUT2D eigenvalue weighted by Crippen LogP contribution is -2.23. The van der Waals surface area contributed by atoms with E-state index in [0.717, 1.165) is 16.2 Å². The maximum Gasteiger partial charge on any atom is 0.252 e. The highest BCUT2D eigenvalue weighted by Gasteiger charge is 2.12.